The van der Waals surface area contributed by atoms with Crippen LogP contribution < -0.4 is 5.32 Å². The highest BCUT2D eigenvalue weighted by Crippen LogP contribution is 2.51. The molecular weight excluding hydrogens is 226 g/mol. The molecule has 1 N–H and O–H groups in total. The van der Waals surface area contributed by atoms with E-state index < -0.39 is 0 Å². The van der Waals surface area contributed by atoms with Crippen molar-refractivity contribution >= 4 is 5.95 Å². The second-order valence-electron chi connectivity index (χ2n) is 5.90. The fourth-order valence-electron chi connectivity index (χ4n) is 3.76. The summed E-state index contributed by atoms with van der Waals surface area (Å²) in [6.45, 7) is 2.84. The van der Waals surface area contributed by atoms with Crippen LogP contribution in [0.3, 0.4) is 0 Å². The first-order chi connectivity index (χ1) is 8.78. The van der Waals surface area contributed by atoms with Crippen molar-refractivity contribution in [3.8, 4) is 0 Å². The van der Waals surface area contributed by atoms with Crippen LogP contribution in [-0.2, 0) is 4.74 Å². The smallest absolute Gasteiger partial charge is 0.203 e. The van der Waals surface area contributed by atoms with Gasteiger partial charge in [0.2, 0.25) is 5.95 Å². The SMILES string of the molecule is COCC(C)Nc1nccn1C1CC2CCC1C2. The van der Waals surface area contributed by atoms with E-state index in [1.165, 1.54) is 25.7 Å². The van der Waals surface area contributed by atoms with Gasteiger partial charge in [0.1, 0.15) is 0 Å². The van der Waals surface area contributed by atoms with Crippen LogP contribution in [0.1, 0.15) is 38.6 Å². The van der Waals surface area contributed by atoms with Gasteiger partial charge in [0.05, 0.1) is 6.61 Å². The van der Waals surface area contributed by atoms with Crippen molar-refractivity contribution in [3.05, 3.63) is 12.4 Å². The van der Waals surface area contributed by atoms with E-state index in [0.717, 1.165) is 17.8 Å². The highest BCUT2D eigenvalue weighted by molar-refractivity contribution is 5.29. The topological polar surface area (TPSA) is 39.1 Å². The molecule has 1 aromatic heterocycles. The molecule has 4 atom stereocenters. The Labute approximate surface area is 109 Å². The third-order valence-corrected chi connectivity index (χ3v) is 4.52. The van der Waals surface area contributed by atoms with E-state index in [1.807, 2.05) is 6.20 Å². The minimum absolute atomic E-state index is 0.301. The number of nitrogens with zero attached hydrogens (tertiary/aromatic N) is 2. The van der Waals surface area contributed by atoms with Crippen LogP contribution in [0, 0.1) is 11.8 Å². The zero-order valence-corrected chi connectivity index (χ0v) is 11.3. The Balaban J connectivity index is 1.71. The third kappa shape index (κ3) is 2.14. The summed E-state index contributed by atoms with van der Waals surface area (Å²) in [6, 6.07) is 0.971. The van der Waals surface area contributed by atoms with Crippen LogP contribution in [0.15, 0.2) is 12.4 Å². The Morgan fingerprint density at radius 2 is 2.39 bits per heavy atom. The molecule has 0 radical (unpaired) electrons. The molecule has 0 saturated heterocycles. The molecule has 0 spiro atoms. The van der Waals surface area contributed by atoms with Gasteiger partial charge in [-0.15, -0.1) is 0 Å². The van der Waals surface area contributed by atoms with E-state index in [9.17, 15) is 0 Å². The summed E-state index contributed by atoms with van der Waals surface area (Å²) in [6.07, 6.45) is 9.66. The molecule has 4 nitrogen and oxygen atoms in total. The summed E-state index contributed by atoms with van der Waals surface area (Å²) in [7, 11) is 1.74. The Morgan fingerprint density at radius 1 is 1.50 bits per heavy atom. The van der Waals surface area contributed by atoms with Gasteiger partial charge < -0.3 is 14.6 Å². The van der Waals surface area contributed by atoms with Crippen molar-refractivity contribution in [2.24, 2.45) is 11.8 Å². The van der Waals surface area contributed by atoms with Crippen molar-refractivity contribution in [2.45, 2.75) is 44.7 Å². The van der Waals surface area contributed by atoms with Crippen molar-refractivity contribution in [3.63, 3.8) is 0 Å². The maximum absolute atomic E-state index is 5.17. The first kappa shape index (κ1) is 12.0. The largest absolute Gasteiger partial charge is 0.383 e. The van der Waals surface area contributed by atoms with Crippen LogP contribution in [0.4, 0.5) is 5.95 Å². The average molecular weight is 249 g/mol. The molecule has 2 aliphatic carbocycles. The number of methoxy groups -OCH3 is 1. The number of rotatable bonds is 5. The summed E-state index contributed by atoms with van der Waals surface area (Å²) in [5.41, 5.74) is 0. The monoisotopic (exact) mass is 249 g/mol. The summed E-state index contributed by atoms with van der Waals surface area (Å²) >= 11 is 0. The molecule has 0 amide bonds. The summed E-state index contributed by atoms with van der Waals surface area (Å²) in [5.74, 6) is 2.85. The average Bonchev–Trinajstić information content (AvgIpc) is 3.03. The minimum Gasteiger partial charge on any atom is -0.383 e. The van der Waals surface area contributed by atoms with E-state index in [1.54, 1.807) is 7.11 Å². The normalized spacial score (nSPS) is 31.8. The van der Waals surface area contributed by atoms with Crippen LogP contribution in [0.5, 0.6) is 0 Å². The molecule has 4 unspecified atom stereocenters. The van der Waals surface area contributed by atoms with E-state index >= 15 is 0 Å². The van der Waals surface area contributed by atoms with E-state index in [0.29, 0.717) is 18.7 Å². The molecule has 2 bridgehead atoms. The minimum atomic E-state index is 0.301. The van der Waals surface area contributed by atoms with Gasteiger partial charge in [0.25, 0.3) is 0 Å². The molecule has 100 valence electrons. The van der Waals surface area contributed by atoms with Gasteiger partial charge in [0, 0.05) is 31.6 Å². The quantitative estimate of drug-likeness (QED) is 0.872. The number of anilines is 1. The molecular formula is C14H23N3O. The van der Waals surface area contributed by atoms with Gasteiger partial charge in [-0.1, -0.05) is 6.42 Å². The number of nitrogens with one attached hydrogen (secondary N) is 1. The molecule has 0 aliphatic heterocycles. The molecule has 2 saturated carbocycles. The maximum Gasteiger partial charge on any atom is 0.203 e. The fraction of sp³-hybridized carbons (Fsp3) is 0.786. The molecule has 3 rings (SSSR count). The second-order valence-corrected chi connectivity index (χ2v) is 5.90. The molecule has 2 aliphatic rings. The summed E-state index contributed by atoms with van der Waals surface area (Å²) in [5, 5.41) is 3.45. The number of fused-ring (bicyclic) bond motifs is 2. The van der Waals surface area contributed by atoms with Gasteiger partial charge in [0.15, 0.2) is 0 Å². The lowest BCUT2D eigenvalue weighted by atomic mass is 9.95. The van der Waals surface area contributed by atoms with Crippen molar-refractivity contribution in [1.29, 1.82) is 0 Å². The standard InChI is InChI=1S/C14H23N3O/c1-10(9-18-2)16-14-15-5-6-17(14)13-8-11-3-4-12(13)7-11/h5-6,10-13H,3-4,7-9H2,1-2H3,(H,15,16). The molecule has 0 aromatic carbocycles. The predicted octanol–water partition coefficient (Wildman–Crippen LogP) is 2.69. The van der Waals surface area contributed by atoms with Gasteiger partial charge in [-0.05, 0) is 38.0 Å². The van der Waals surface area contributed by atoms with Crippen molar-refractivity contribution in [2.75, 3.05) is 19.0 Å². The number of hydrogen-bond donors (Lipinski definition) is 1. The summed E-state index contributed by atoms with van der Waals surface area (Å²) in [4.78, 5) is 4.46. The van der Waals surface area contributed by atoms with Crippen LogP contribution >= 0.6 is 0 Å². The first-order valence-electron chi connectivity index (χ1n) is 7.06. The van der Waals surface area contributed by atoms with Crippen molar-refractivity contribution < 1.29 is 4.74 Å². The van der Waals surface area contributed by atoms with Gasteiger partial charge in [-0.2, -0.15) is 0 Å². The Kier molecular flexibility index (Phi) is 3.29. The van der Waals surface area contributed by atoms with Crippen LogP contribution in [0.25, 0.3) is 0 Å². The second kappa shape index (κ2) is 4.92. The maximum atomic E-state index is 5.17. The predicted molar refractivity (Wildman–Crippen MR) is 71.7 cm³/mol. The fourth-order valence-corrected chi connectivity index (χ4v) is 3.76. The number of imidazole rings is 1. The molecule has 2 fully saturated rings. The Hall–Kier alpha value is -1.03. The molecule has 4 heteroatoms. The lowest BCUT2D eigenvalue weighted by molar-refractivity contribution is 0.190. The highest BCUT2D eigenvalue weighted by Gasteiger charge is 2.40. The van der Waals surface area contributed by atoms with Gasteiger partial charge >= 0.3 is 0 Å². The number of ether oxygens (including phenoxy) is 1. The van der Waals surface area contributed by atoms with Crippen LogP contribution in [-0.4, -0.2) is 29.3 Å². The van der Waals surface area contributed by atoms with Gasteiger partial charge in [-0.25, -0.2) is 4.98 Å². The lowest BCUT2D eigenvalue weighted by Crippen LogP contribution is -2.25. The van der Waals surface area contributed by atoms with Crippen molar-refractivity contribution in [1.82, 2.24) is 9.55 Å². The van der Waals surface area contributed by atoms with E-state index in [4.69, 9.17) is 4.74 Å². The van der Waals surface area contributed by atoms with Crippen LogP contribution in [0.2, 0.25) is 0 Å². The lowest BCUT2D eigenvalue weighted by Gasteiger charge is -2.26. The zero-order valence-electron chi connectivity index (χ0n) is 11.3. The van der Waals surface area contributed by atoms with Gasteiger partial charge in [-0.3, -0.25) is 0 Å². The summed E-state index contributed by atoms with van der Waals surface area (Å²) < 4.78 is 7.52. The molecule has 1 aromatic rings. The zero-order chi connectivity index (χ0) is 12.5. The highest BCUT2D eigenvalue weighted by atomic mass is 16.5. The number of hydrogen-bond acceptors (Lipinski definition) is 3. The molecule has 18 heavy (non-hydrogen) atoms. The third-order valence-electron chi connectivity index (χ3n) is 4.52. The molecule has 1 heterocycles. The van der Waals surface area contributed by atoms with E-state index in [2.05, 4.69) is 28.0 Å². The van der Waals surface area contributed by atoms with E-state index in [-0.39, 0.29) is 0 Å². The Bertz CT molecular complexity index is 403. The Morgan fingerprint density at radius 3 is 3.06 bits per heavy atom. The first-order valence-corrected chi connectivity index (χ1v) is 7.06. The number of aromatic nitrogens is 2.